The number of carboxylic acid groups (broad SMARTS) is 1. The average molecular weight is 256 g/mol. The highest BCUT2D eigenvalue weighted by Crippen LogP contribution is 2.19. The number of ether oxygens (including phenoxy) is 1. The van der Waals surface area contributed by atoms with Crippen LogP contribution in [0, 0.1) is 5.92 Å². The first kappa shape index (κ1) is 13.3. The molecule has 2 heterocycles. The number of carbonyl (C=O) groups excluding carboxylic acids is 1. The summed E-state index contributed by atoms with van der Waals surface area (Å²) in [7, 11) is 2.02. The Labute approximate surface area is 106 Å². The summed E-state index contributed by atoms with van der Waals surface area (Å²) in [6.07, 6.45) is 0.788. The van der Waals surface area contributed by atoms with Crippen LogP contribution >= 0.6 is 0 Å². The second kappa shape index (κ2) is 5.67. The molecule has 1 amide bonds. The van der Waals surface area contributed by atoms with Gasteiger partial charge in [-0.15, -0.1) is 0 Å². The molecule has 0 saturated carbocycles. The molecular formula is C12H20N2O4. The number of likely N-dealkylation sites (tertiary alicyclic amines) is 1. The van der Waals surface area contributed by atoms with Crippen molar-refractivity contribution >= 4 is 11.9 Å². The Hall–Kier alpha value is -1.14. The molecule has 0 aromatic heterocycles. The summed E-state index contributed by atoms with van der Waals surface area (Å²) in [6.45, 7) is 3.19. The molecule has 2 fully saturated rings. The maximum absolute atomic E-state index is 11.8. The number of aliphatic carboxylic acids is 1. The van der Waals surface area contributed by atoms with Crippen LogP contribution in [0.25, 0.3) is 0 Å². The van der Waals surface area contributed by atoms with E-state index in [1.165, 1.54) is 0 Å². The highest BCUT2D eigenvalue weighted by Gasteiger charge is 2.32. The van der Waals surface area contributed by atoms with Gasteiger partial charge in [0.05, 0.1) is 18.6 Å². The van der Waals surface area contributed by atoms with Gasteiger partial charge in [-0.05, 0) is 13.5 Å². The molecule has 2 rings (SSSR count). The molecule has 18 heavy (non-hydrogen) atoms. The van der Waals surface area contributed by atoms with Gasteiger partial charge in [-0.25, -0.2) is 0 Å². The summed E-state index contributed by atoms with van der Waals surface area (Å²) in [6, 6.07) is 0. The molecule has 0 aliphatic carbocycles. The Kier molecular flexibility index (Phi) is 4.19. The number of rotatable bonds is 3. The van der Waals surface area contributed by atoms with Gasteiger partial charge in [-0.2, -0.15) is 0 Å². The number of likely N-dealkylation sites (N-methyl/N-ethyl adjacent to an activating group) is 1. The van der Waals surface area contributed by atoms with Crippen molar-refractivity contribution < 1.29 is 19.4 Å². The lowest BCUT2D eigenvalue weighted by molar-refractivity contribution is -0.149. The number of morpholine rings is 1. The Morgan fingerprint density at radius 2 is 2.28 bits per heavy atom. The molecule has 0 spiro atoms. The van der Waals surface area contributed by atoms with Gasteiger partial charge in [0.25, 0.3) is 0 Å². The Morgan fingerprint density at radius 3 is 2.94 bits per heavy atom. The number of piperidine rings is 1. The number of carbonyl (C=O) groups is 2. The van der Waals surface area contributed by atoms with E-state index in [-0.39, 0.29) is 12.0 Å². The van der Waals surface area contributed by atoms with Crippen LogP contribution in [-0.2, 0) is 14.3 Å². The van der Waals surface area contributed by atoms with Crippen LogP contribution in [0.3, 0.4) is 0 Å². The topological polar surface area (TPSA) is 70.1 Å². The van der Waals surface area contributed by atoms with Crippen molar-refractivity contribution in [2.24, 2.45) is 5.92 Å². The highest BCUT2D eigenvalue weighted by atomic mass is 16.5. The molecule has 0 aromatic carbocycles. The van der Waals surface area contributed by atoms with E-state index in [2.05, 4.69) is 4.90 Å². The molecule has 0 aromatic rings. The molecule has 6 heteroatoms. The summed E-state index contributed by atoms with van der Waals surface area (Å²) in [5, 5.41) is 9.01. The number of amides is 1. The fourth-order valence-corrected chi connectivity index (χ4v) is 2.52. The van der Waals surface area contributed by atoms with Crippen LogP contribution in [0.4, 0.5) is 0 Å². The van der Waals surface area contributed by atoms with E-state index in [0.717, 1.165) is 13.1 Å². The Morgan fingerprint density at radius 1 is 1.50 bits per heavy atom. The van der Waals surface area contributed by atoms with Gasteiger partial charge >= 0.3 is 5.97 Å². The van der Waals surface area contributed by atoms with Crippen LogP contribution in [0.1, 0.15) is 12.8 Å². The monoisotopic (exact) mass is 256 g/mol. The maximum atomic E-state index is 11.8. The molecular weight excluding hydrogens is 236 g/mol. The molecule has 0 bridgehead atoms. The van der Waals surface area contributed by atoms with Gasteiger partial charge in [0.15, 0.2) is 0 Å². The number of carboxylic acids is 1. The maximum Gasteiger partial charge on any atom is 0.308 e. The van der Waals surface area contributed by atoms with Crippen LogP contribution in [0.2, 0.25) is 0 Å². The lowest BCUT2D eigenvalue weighted by atomic mass is 9.97. The fraction of sp³-hybridized carbons (Fsp3) is 0.833. The van der Waals surface area contributed by atoms with Crippen molar-refractivity contribution in [1.29, 1.82) is 0 Å². The second-order valence-electron chi connectivity index (χ2n) is 5.13. The van der Waals surface area contributed by atoms with Crippen LogP contribution in [0.5, 0.6) is 0 Å². The quantitative estimate of drug-likeness (QED) is 0.747. The zero-order chi connectivity index (χ0) is 13.1. The van der Waals surface area contributed by atoms with E-state index in [0.29, 0.717) is 32.5 Å². The number of hydrogen-bond acceptors (Lipinski definition) is 4. The summed E-state index contributed by atoms with van der Waals surface area (Å²) in [5.41, 5.74) is 0. The van der Waals surface area contributed by atoms with Gasteiger partial charge in [0.2, 0.25) is 5.91 Å². The molecule has 2 aliphatic heterocycles. The molecule has 2 saturated heterocycles. The number of hydrogen-bond donors (Lipinski definition) is 1. The van der Waals surface area contributed by atoms with Crippen molar-refractivity contribution in [2.45, 2.75) is 18.9 Å². The predicted octanol–water partition coefficient (Wildman–Crippen LogP) is -0.360. The fourth-order valence-electron chi connectivity index (χ4n) is 2.52. The second-order valence-corrected chi connectivity index (χ2v) is 5.13. The zero-order valence-corrected chi connectivity index (χ0v) is 10.7. The minimum Gasteiger partial charge on any atom is -0.481 e. The van der Waals surface area contributed by atoms with Crippen molar-refractivity contribution in [3.63, 3.8) is 0 Å². The zero-order valence-electron chi connectivity index (χ0n) is 10.7. The Bertz CT molecular complexity index is 334. The van der Waals surface area contributed by atoms with Gasteiger partial charge < -0.3 is 19.6 Å². The highest BCUT2D eigenvalue weighted by molar-refractivity contribution is 5.80. The van der Waals surface area contributed by atoms with E-state index in [1.54, 1.807) is 4.90 Å². The van der Waals surface area contributed by atoms with E-state index in [9.17, 15) is 9.59 Å². The van der Waals surface area contributed by atoms with Crippen molar-refractivity contribution in [3.8, 4) is 0 Å². The first-order valence-corrected chi connectivity index (χ1v) is 6.37. The molecule has 6 nitrogen and oxygen atoms in total. The van der Waals surface area contributed by atoms with Gasteiger partial charge in [0.1, 0.15) is 0 Å². The predicted molar refractivity (Wildman–Crippen MR) is 64.2 cm³/mol. The lowest BCUT2D eigenvalue weighted by Crippen LogP contribution is -2.50. The minimum atomic E-state index is -0.811. The third-order valence-electron chi connectivity index (χ3n) is 3.62. The Balaban J connectivity index is 1.90. The molecule has 2 aliphatic rings. The van der Waals surface area contributed by atoms with Crippen LogP contribution in [-0.4, -0.2) is 72.7 Å². The van der Waals surface area contributed by atoms with Gasteiger partial charge in [-0.3, -0.25) is 9.59 Å². The summed E-state index contributed by atoms with van der Waals surface area (Å²) in [5.74, 6) is -1.19. The summed E-state index contributed by atoms with van der Waals surface area (Å²) >= 11 is 0. The van der Waals surface area contributed by atoms with Crippen molar-refractivity contribution in [1.82, 2.24) is 9.80 Å². The van der Waals surface area contributed by atoms with E-state index < -0.39 is 11.9 Å². The van der Waals surface area contributed by atoms with Crippen molar-refractivity contribution in [3.05, 3.63) is 0 Å². The smallest absolute Gasteiger partial charge is 0.308 e. The van der Waals surface area contributed by atoms with Crippen LogP contribution < -0.4 is 0 Å². The standard InChI is InChI=1S/C12H20N2O4/c1-13-4-5-18-10(7-13)8-14-6-9(12(16)17)2-3-11(14)15/h9-10H,2-8H2,1H3,(H,16,17). The van der Waals surface area contributed by atoms with Gasteiger partial charge in [0, 0.05) is 32.6 Å². The van der Waals surface area contributed by atoms with Gasteiger partial charge in [-0.1, -0.05) is 0 Å². The molecule has 2 atom stereocenters. The minimum absolute atomic E-state index is 0.000227. The van der Waals surface area contributed by atoms with E-state index in [1.807, 2.05) is 7.05 Å². The summed E-state index contributed by atoms with van der Waals surface area (Å²) < 4.78 is 5.61. The largest absolute Gasteiger partial charge is 0.481 e. The molecule has 1 N–H and O–H groups in total. The van der Waals surface area contributed by atoms with Crippen LogP contribution in [0.15, 0.2) is 0 Å². The third kappa shape index (κ3) is 3.20. The van der Waals surface area contributed by atoms with E-state index >= 15 is 0 Å². The first-order valence-electron chi connectivity index (χ1n) is 6.37. The molecule has 2 unspecified atom stereocenters. The number of nitrogens with zero attached hydrogens (tertiary/aromatic N) is 2. The average Bonchev–Trinajstić information content (AvgIpc) is 2.31. The normalized spacial score (nSPS) is 30.5. The summed E-state index contributed by atoms with van der Waals surface area (Å²) in [4.78, 5) is 26.6. The molecule has 102 valence electrons. The molecule has 0 radical (unpaired) electrons. The van der Waals surface area contributed by atoms with Crippen molar-refractivity contribution in [2.75, 3.05) is 39.8 Å². The lowest BCUT2D eigenvalue weighted by Gasteiger charge is -2.36. The third-order valence-corrected chi connectivity index (χ3v) is 3.62. The SMILES string of the molecule is CN1CCOC(CN2CC(C(=O)O)CCC2=O)C1. The van der Waals surface area contributed by atoms with E-state index in [4.69, 9.17) is 9.84 Å². The first-order chi connectivity index (χ1) is 8.56.